The number of thioether (sulfide) groups is 1. The van der Waals surface area contributed by atoms with E-state index < -0.39 is 11.6 Å². The highest BCUT2D eigenvalue weighted by Gasteiger charge is 2.52. The van der Waals surface area contributed by atoms with Crippen LogP contribution < -0.4 is 14.2 Å². The van der Waals surface area contributed by atoms with Gasteiger partial charge in [0.25, 0.3) is 0 Å². The minimum atomic E-state index is -1.53. The lowest BCUT2D eigenvalue weighted by Gasteiger charge is -2.38. The molecule has 2 aromatic carbocycles. The topological polar surface area (TPSA) is 92.0 Å². The number of nitrogens with zero attached hydrogens (tertiary/aromatic N) is 2. The lowest BCUT2D eigenvalue weighted by atomic mass is 9.84. The minimum Gasteiger partial charge on any atom is -0.497 e. The molecule has 1 fully saturated rings. The van der Waals surface area contributed by atoms with Crippen molar-refractivity contribution in [3.63, 3.8) is 0 Å². The first-order valence-electron chi connectivity index (χ1n) is 9.66. The summed E-state index contributed by atoms with van der Waals surface area (Å²) in [6.45, 7) is 0. The molecule has 0 saturated carbocycles. The van der Waals surface area contributed by atoms with Gasteiger partial charge in [-0.3, -0.25) is 9.69 Å². The van der Waals surface area contributed by atoms with Gasteiger partial charge in [0, 0.05) is 23.5 Å². The van der Waals surface area contributed by atoms with Gasteiger partial charge in [0.1, 0.15) is 5.75 Å². The van der Waals surface area contributed by atoms with Gasteiger partial charge in [-0.2, -0.15) is 5.26 Å². The molecule has 31 heavy (non-hydrogen) atoms. The second-order valence-electron chi connectivity index (χ2n) is 7.23. The first-order valence-corrected chi connectivity index (χ1v) is 10.6. The van der Waals surface area contributed by atoms with Crippen molar-refractivity contribution in [3.05, 3.63) is 64.2 Å². The zero-order chi connectivity index (χ0) is 22.2. The van der Waals surface area contributed by atoms with E-state index in [1.165, 1.54) is 23.8 Å². The van der Waals surface area contributed by atoms with Gasteiger partial charge in [0.15, 0.2) is 17.2 Å². The van der Waals surface area contributed by atoms with Crippen LogP contribution in [0.5, 0.6) is 17.2 Å². The Kier molecular flexibility index (Phi) is 5.56. The predicted molar refractivity (Wildman–Crippen MR) is 116 cm³/mol. The molecule has 2 aliphatic heterocycles. The lowest BCUT2D eigenvalue weighted by molar-refractivity contribution is -0.149. The smallest absolute Gasteiger partial charge is 0.231 e. The molecular weight excluding hydrogens is 416 g/mol. The van der Waals surface area contributed by atoms with E-state index in [-0.39, 0.29) is 18.1 Å². The van der Waals surface area contributed by atoms with Crippen molar-refractivity contribution in [1.29, 1.82) is 5.26 Å². The zero-order valence-electron chi connectivity index (χ0n) is 17.4. The summed E-state index contributed by atoms with van der Waals surface area (Å²) in [6, 6.07) is 14.6. The van der Waals surface area contributed by atoms with Crippen molar-refractivity contribution >= 4 is 17.7 Å². The number of allylic oxidation sites excluding steroid dienone is 1. The molecule has 0 aromatic heterocycles. The second-order valence-corrected chi connectivity index (χ2v) is 8.20. The van der Waals surface area contributed by atoms with Crippen LogP contribution in [0.25, 0.3) is 0 Å². The number of carbonyl (C=O) groups excluding carboxylic acids is 1. The fourth-order valence-corrected chi connectivity index (χ4v) is 5.51. The Morgan fingerprint density at radius 3 is 2.48 bits per heavy atom. The largest absolute Gasteiger partial charge is 0.497 e. The Bertz CT molecular complexity index is 1090. The summed E-state index contributed by atoms with van der Waals surface area (Å²) < 4.78 is 16.1. The summed E-state index contributed by atoms with van der Waals surface area (Å²) in [5, 5.41) is 22.0. The normalized spacial score (nSPS) is 22.7. The molecule has 2 aliphatic rings. The van der Waals surface area contributed by atoms with Crippen LogP contribution in [0, 0.1) is 11.3 Å². The maximum atomic E-state index is 13.3. The molecule has 7 nitrogen and oxygen atoms in total. The van der Waals surface area contributed by atoms with Crippen LogP contribution in [0.1, 0.15) is 23.5 Å². The number of rotatable bonds is 5. The first kappa shape index (κ1) is 21.1. The lowest BCUT2D eigenvalue weighted by Crippen LogP contribution is -2.48. The highest BCUT2D eigenvalue weighted by molar-refractivity contribution is 8.03. The maximum Gasteiger partial charge on any atom is 0.231 e. The Balaban J connectivity index is 1.81. The first-order chi connectivity index (χ1) is 15.0. The molecule has 0 radical (unpaired) electrons. The molecule has 2 aromatic rings. The van der Waals surface area contributed by atoms with Crippen molar-refractivity contribution in [3.8, 4) is 23.3 Å². The number of aliphatic hydroxyl groups is 1. The molecule has 0 bridgehead atoms. The monoisotopic (exact) mass is 438 g/mol. The number of benzene rings is 2. The number of amides is 1. The molecule has 0 aliphatic carbocycles. The van der Waals surface area contributed by atoms with Crippen molar-refractivity contribution < 1.29 is 24.1 Å². The summed E-state index contributed by atoms with van der Waals surface area (Å²) in [6.07, 6.45) is 0.0367. The van der Waals surface area contributed by atoms with Gasteiger partial charge in [0.2, 0.25) is 5.91 Å². The van der Waals surface area contributed by atoms with E-state index in [1.807, 2.05) is 12.1 Å². The van der Waals surface area contributed by atoms with E-state index in [0.717, 1.165) is 0 Å². The summed E-state index contributed by atoms with van der Waals surface area (Å²) in [5.74, 6) is 1.17. The van der Waals surface area contributed by atoms with Crippen LogP contribution in [-0.4, -0.2) is 43.0 Å². The Morgan fingerprint density at radius 1 is 1.13 bits per heavy atom. The summed E-state index contributed by atoms with van der Waals surface area (Å²) in [7, 11) is 4.64. The molecule has 160 valence electrons. The van der Waals surface area contributed by atoms with Crippen LogP contribution >= 0.6 is 11.8 Å². The summed E-state index contributed by atoms with van der Waals surface area (Å²) >= 11 is 1.31. The third-order valence-electron chi connectivity index (χ3n) is 5.67. The van der Waals surface area contributed by atoms with Crippen LogP contribution in [0.3, 0.4) is 0 Å². The third-order valence-corrected chi connectivity index (χ3v) is 6.89. The predicted octanol–water partition coefficient (Wildman–Crippen LogP) is 3.36. The van der Waals surface area contributed by atoms with Crippen LogP contribution in [0.15, 0.2) is 53.1 Å². The average Bonchev–Trinajstić information content (AvgIpc) is 3.17. The van der Waals surface area contributed by atoms with Crippen LogP contribution in [0.4, 0.5) is 0 Å². The number of nitriles is 1. The van der Waals surface area contributed by atoms with Gasteiger partial charge in [0.05, 0.1) is 43.8 Å². The zero-order valence-corrected chi connectivity index (χ0v) is 18.2. The molecular formula is C23H22N2O5S. The second kappa shape index (κ2) is 8.17. The molecule has 0 unspecified atom stereocenters. The average molecular weight is 439 g/mol. The van der Waals surface area contributed by atoms with Crippen molar-refractivity contribution in [2.24, 2.45) is 0 Å². The van der Waals surface area contributed by atoms with E-state index in [1.54, 1.807) is 44.6 Å². The standard InChI is InChI=1S/C23H22N2O5S/c1-28-15-9-7-14(8-10-15)23(27)13-31-22-18(12-24)17(11-20(26)25(22)23)16-5-4-6-19(29-2)21(16)30-3/h4-10,17,27H,11,13H2,1-3H3/t17-,23+/m0/s1. The molecule has 4 rings (SSSR count). The third kappa shape index (κ3) is 3.30. The van der Waals surface area contributed by atoms with Gasteiger partial charge in [-0.15, -0.1) is 11.8 Å². The number of methoxy groups -OCH3 is 3. The van der Waals surface area contributed by atoms with Crippen LogP contribution in [-0.2, 0) is 10.5 Å². The molecule has 2 atom stereocenters. The molecule has 1 N–H and O–H groups in total. The van der Waals surface area contributed by atoms with E-state index in [0.29, 0.717) is 39.0 Å². The quantitative estimate of drug-likeness (QED) is 0.765. The Labute approximate surface area is 184 Å². The number of hydrogen-bond donors (Lipinski definition) is 1. The van der Waals surface area contributed by atoms with Crippen molar-refractivity contribution in [1.82, 2.24) is 4.90 Å². The highest BCUT2D eigenvalue weighted by atomic mass is 32.2. The molecule has 0 spiro atoms. The van der Waals surface area contributed by atoms with Gasteiger partial charge in [-0.1, -0.05) is 24.3 Å². The number of para-hydroxylation sites is 1. The Hall–Kier alpha value is -3.15. The van der Waals surface area contributed by atoms with E-state index in [4.69, 9.17) is 14.2 Å². The number of ether oxygens (including phenoxy) is 3. The fourth-order valence-electron chi connectivity index (χ4n) is 4.15. The fraction of sp³-hybridized carbons (Fsp3) is 0.304. The molecule has 1 amide bonds. The number of fused-ring (bicyclic) bond motifs is 1. The van der Waals surface area contributed by atoms with Crippen molar-refractivity contribution in [2.45, 2.75) is 18.1 Å². The van der Waals surface area contributed by atoms with Crippen molar-refractivity contribution in [2.75, 3.05) is 27.1 Å². The van der Waals surface area contributed by atoms with Crippen LogP contribution in [0.2, 0.25) is 0 Å². The summed E-state index contributed by atoms with van der Waals surface area (Å²) in [4.78, 5) is 14.7. The van der Waals surface area contributed by atoms with E-state index in [2.05, 4.69) is 6.07 Å². The summed E-state index contributed by atoms with van der Waals surface area (Å²) in [5.41, 5.74) is 0.174. The molecule has 2 heterocycles. The molecule has 1 saturated heterocycles. The molecule has 8 heteroatoms. The van der Waals surface area contributed by atoms with Gasteiger partial charge < -0.3 is 19.3 Å². The minimum absolute atomic E-state index is 0.0367. The number of carbonyl (C=O) groups is 1. The van der Waals surface area contributed by atoms with Gasteiger partial charge >= 0.3 is 0 Å². The Morgan fingerprint density at radius 2 is 1.87 bits per heavy atom. The number of hydrogen-bond acceptors (Lipinski definition) is 7. The SMILES string of the molecule is COc1ccc([C@]2(O)CSC3=C(C#N)[C@H](c4cccc(OC)c4OC)CC(=O)N32)cc1. The maximum absolute atomic E-state index is 13.3. The van der Waals surface area contributed by atoms with E-state index >= 15 is 0 Å². The highest BCUT2D eigenvalue weighted by Crippen LogP contribution is 2.53. The van der Waals surface area contributed by atoms with Gasteiger partial charge in [-0.25, -0.2) is 0 Å². The van der Waals surface area contributed by atoms with E-state index in [9.17, 15) is 15.2 Å². The van der Waals surface area contributed by atoms with Gasteiger partial charge in [-0.05, 0) is 18.2 Å².